The SMILES string of the molecule is [3H]OC([3H])([3H])[C@@]1([3H])O[C@@H](O[C@H]2[C@H](O)[C@@H](O)[C@@H](O)O[C@@H]2CO)[C@H](O)[C@@H](O)[C@H]1O. The summed E-state index contributed by atoms with van der Waals surface area (Å²) in [6, 6.07) is 0. The minimum absolute atomic E-state index is 0.817. The van der Waals surface area contributed by atoms with Gasteiger partial charge in [-0.2, -0.15) is 0 Å². The predicted octanol–water partition coefficient (Wildman–Crippen LogP) is -5.40. The minimum atomic E-state index is -3.29. The second-order valence-corrected chi connectivity index (χ2v) is 5.21. The van der Waals surface area contributed by atoms with E-state index in [9.17, 15) is 35.7 Å². The topological polar surface area (TPSA) is 190 Å². The van der Waals surface area contributed by atoms with E-state index >= 15 is 0 Å². The van der Waals surface area contributed by atoms with Gasteiger partial charge in [-0.05, 0) is 0 Å². The average molecular weight is 350 g/mol. The van der Waals surface area contributed by atoms with E-state index in [2.05, 4.69) is 5.11 Å². The molecule has 0 aromatic carbocycles. The highest BCUT2D eigenvalue weighted by Gasteiger charge is 2.50. The Bertz CT molecular complexity index is 514. The number of aliphatic hydroxyl groups excluding tert-OH is 7. The van der Waals surface area contributed by atoms with Crippen LogP contribution in [0.2, 0.25) is 0 Å². The highest BCUT2D eigenvalue weighted by atomic mass is 16.7. The molecule has 0 saturated carbocycles. The van der Waals surface area contributed by atoms with Gasteiger partial charge in [0.15, 0.2) is 12.6 Å². The van der Waals surface area contributed by atoms with Crippen LogP contribution in [0.4, 0.5) is 0 Å². The van der Waals surface area contributed by atoms with Gasteiger partial charge in [0.2, 0.25) is 1.43 Å². The van der Waals surface area contributed by atoms with Crippen molar-refractivity contribution in [2.24, 2.45) is 0 Å². The van der Waals surface area contributed by atoms with Crippen LogP contribution in [0.15, 0.2) is 0 Å². The molecule has 0 aromatic rings. The molecular formula is C12H22O11. The van der Waals surface area contributed by atoms with E-state index in [1.807, 2.05) is 0 Å². The molecule has 2 saturated heterocycles. The lowest BCUT2D eigenvalue weighted by molar-refractivity contribution is -0.355. The molecule has 2 heterocycles. The third-order valence-corrected chi connectivity index (χ3v) is 3.70. The van der Waals surface area contributed by atoms with Crippen LogP contribution in [0, 0.1) is 0 Å². The van der Waals surface area contributed by atoms with Crippen LogP contribution >= 0.6 is 0 Å². The summed E-state index contributed by atoms with van der Waals surface area (Å²) in [6.45, 7) is -4.11. The molecule has 2 aliphatic rings. The fraction of sp³-hybridized carbons (Fsp3) is 1.00. The van der Waals surface area contributed by atoms with Crippen LogP contribution in [0.25, 0.3) is 0 Å². The predicted molar refractivity (Wildman–Crippen MR) is 68.6 cm³/mol. The van der Waals surface area contributed by atoms with Gasteiger partial charge in [0.25, 0.3) is 0 Å². The molecule has 0 bridgehead atoms. The number of hydrogen-bond donors (Lipinski definition) is 8. The lowest BCUT2D eigenvalue weighted by atomic mass is 9.97. The first kappa shape index (κ1) is 13.8. The van der Waals surface area contributed by atoms with Crippen molar-refractivity contribution in [1.29, 1.82) is 1.43 Å². The van der Waals surface area contributed by atoms with Crippen molar-refractivity contribution in [3.8, 4) is 0 Å². The van der Waals surface area contributed by atoms with Crippen LogP contribution in [-0.2, 0) is 14.2 Å². The Hall–Kier alpha value is -0.440. The fourth-order valence-electron chi connectivity index (χ4n) is 2.35. The van der Waals surface area contributed by atoms with Crippen molar-refractivity contribution in [2.75, 3.05) is 13.2 Å². The van der Waals surface area contributed by atoms with Crippen molar-refractivity contribution in [1.82, 2.24) is 0 Å². The second-order valence-electron chi connectivity index (χ2n) is 5.21. The van der Waals surface area contributed by atoms with Crippen LogP contribution < -0.4 is 0 Å². The maximum absolute atomic E-state index is 10.0. The fourth-order valence-corrected chi connectivity index (χ4v) is 2.35. The Morgan fingerprint density at radius 1 is 0.957 bits per heavy atom. The summed E-state index contributed by atoms with van der Waals surface area (Å²) >= 11 is 0. The number of rotatable bonds is 5. The van der Waals surface area contributed by atoms with Crippen LogP contribution in [0.1, 0.15) is 4.11 Å². The van der Waals surface area contributed by atoms with Gasteiger partial charge < -0.3 is 55.1 Å². The van der Waals surface area contributed by atoms with E-state index in [0.29, 0.717) is 0 Å². The van der Waals surface area contributed by atoms with E-state index in [1.54, 1.807) is 0 Å². The molecule has 0 aromatic heterocycles. The molecule has 11 nitrogen and oxygen atoms in total. The first-order valence-corrected chi connectivity index (χ1v) is 6.73. The van der Waals surface area contributed by atoms with E-state index in [-0.39, 0.29) is 0 Å². The summed E-state index contributed by atoms with van der Waals surface area (Å²) < 4.78 is 44.5. The Labute approximate surface area is 136 Å². The molecule has 136 valence electrons. The average Bonchev–Trinajstić information content (AvgIpc) is 2.63. The van der Waals surface area contributed by atoms with Crippen molar-refractivity contribution in [2.45, 2.75) is 61.4 Å². The van der Waals surface area contributed by atoms with Gasteiger partial charge in [-0.15, -0.1) is 0 Å². The van der Waals surface area contributed by atoms with Crippen molar-refractivity contribution < 1.29 is 59.2 Å². The molecule has 2 aliphatic heterocycles. The Kier molecular flexibility index (Phi) is 4.58. The molecular weight excluding hydrogens is 320 g/mol. The molecule has 10 atom stereocenters. The normalized spacial score (nSPS) is 58.0. The summed E-state index contributed by atoms with van der Waals surface area (Å²) in [7, 11) is 0. The van der Waals surface area contributed by atoms with Gasteiger partial charge >= 0.3 is 0 Å². The van der Waals surface area contributed by atoms with Gasteiger partial charge in [0, 0.05) is 0 Å². The number of ether oxygens (including phenoxy) is 3. The molecule has 2 rings (SSSR count). The first-order chi connectivity index (χ1) is 12.4. The van der Waals surface area contributed by atoms with Crippen LogP contribution in [0.3, 0.4) is 0 Å². The van der Waals surface area contributed by atoms with Gasteiger partial charge in [-0.3, -0.25) is 0 Å². The van der Waals surface area contributed by atoms with Gasteiger partial charge in [0.1, 0.15) is 48.8 Å². The minimum Gasteiger partial charge on any atom is -0.394 e. The van der Waals surface area contributed by atoms with Crippen LogP contribution in [0.5, 0.6) is 0 Å². The maximum Gasteiger partial charge on any atom is 0.210 e. The number of hydrogen-bond acceptors (Lipinski definition) is 11. The van der Waals surface area contributed by atoms with E-state index in [1.165, 1.54) is 0 Å². The summed E-state index contributed by atoms with van der Waals surface area (Å²) in [5.41, 5.74) is 0. The third kappa shape index (κ3) is 3.65. The molecule has 8 N–H and O–H groups in total. The quantitative estimate of drug-likeness (QED) is 0.236. The van der Waals surface area contributed by atoms with E-state index in [0.717, 1.165) is 0 Å². The Morgan fingerprint density at radius 2 is 1.65 bits per heavy atom. The molecule has 0 unspecified atom stereocenters. The zero-order valence-corrected chi connectivity index (χ0v) is 11.7. The standard InChI is InChI=1S/C12H22O11/c13-1-3-5(15)6(16)9(19)12(22-3)23-10-4(2-14)21-11(20)8(18)7(10)17/h3-20H,1-2H2/t3-,4-,5+,6+,7-,8-,9-,10-,11+,12+/m1/s1/i1T2,3T,13T. The lowest BCUT2D eigenvalue weighted by Gasteiger charge is -2.45. The molecule has 11 heteroatoms. The highest BCUT2D eigenvalue weighted by Crippen LogP contribution is 2.28. The van der Waals surface area contributed by atoms with Crippen LogP contribution in [-0.4, -0.2) is 117 Å². The summed E-state index contributed by atoms with van der Waals surface area (Å²) in [5.74, 6) is 0. The van der Waals surface area contributed by atoms with Crippen molar-refractivity contribution >= 4 is 0 Å². The Balaban J connectivity index is 2.28. The molecule has 23 heavy (non-hydrogen) atoms. The summed E-state index contributed by atoms with van der Waals surface area (Å²) in [5, 5.41) is 72.1. The Morgan fingerprint density at radius 3 is 2.26 bits per heavy atom. The zero-order chi connectivity index (χ0) is 20.7. The molecule has 0 amide bonds. The summed E-state index contributed by atoms with van der Waals surface area (Å²) in [4.78, 5) is 0. The van der Waals surface area contributed by atoms with E-state index in [4.69, 9.17) is 19.8 Å². The zero-order valence-electron chi connectivity index (χ0n) is 15.7. The smallest absolute Gasteiger partial charge is 0.210 e. The largest absolute Gasteiger partial charge is 0.394 e. The second kappa shape index (κ2) is 7.63. The molecule has 2 fully saturated rings. The highest BCUT2D eigenvalue weighted by molar-refractivity contribution is 4.93. The lowest BCUT2D eigenvalue weighted by Crippen LogP contribution is -2.64. The van der Waals surface area contributed by atoms with E-state index < -0.39 is 74.6 Å². The first-order valence-electron chi connectivity index (χ1n) is 8.64. The number of aliphatic hydroxyl groups is 8. The maximum atomic E-state index is 10.0. The van der Waals surface area contributed by atoms with Crippen molar-refractivity contribution in [3.63, 3.8) is 0 Å². The van der Waals surface area contributed by atoms with Gasteiger partial charge in [-0.25, -0.2) is 0 Å². The van der Waals surface area contributed by atoms with Gasteiger partial charge in [0.05, 0.1) is 17.3 Å². The molecule has 0 radical (unpaired) electrons. The summed E-state index contributed by atoms with van der Waals surface area (Å²) in [6.07, 6.45) is -20.5. The molecule has 0 spiro atoms. The van der Waals surface area contributed by atoms with Crippen molar-refractivity contribution in [3.05, 3.63) is 0 Å². The van der Waals surface area contributed by atoms with Gasteiger partial charge in [-0.1, -0.05) is 0 Å². The third-order valence-electron chi connectivity index (χ3n) is 3.70. The monoisotopic (exact) mass is 350 g/mol. The molecule has 0 aliphatic carbocycles.